The Bertz CT molecular complexity index is 97.4. The number of esters is 1. The van der Waals surface area contributed by atoms with E-state index in [1.165, 1.54) is 0 Å². The summed E-state index contributed by atoms with van der Waals surface area (Å²) >= 11 is 0. The number of hydrogen-bond acceptors (Lipinski definition) is 2. The van der Waals surface area contributed by atoms with E-state index in [0.717, 1.165) is 6.42 Å². The maximum absolute atomic E-state index is 10.7. The van der Waals surface area contributed by atoms with Gasteiger partial charge in [0.1, 0.15) is 0 Å². The van der Waals surface area contributed by atoms with Gasteiger partial charge in [0.25, 0.3) is 0 Å². The molecule has 0 heterocycles. The zero-order valence-corrected chi connectivity index (χ0v) is 7.02. The van der Waals surface area contributed by atoms with E-state index >= 15 is 0 Å². The van der Waals surface area contributed by atoms with Crippen molar-refractivity contribution in [2.45, 2.75) is 33.6 Å². The molecule has 0 unspecified atom stereocenters. The van der Waals surface area contributed by atoms with Crippen molar-refractivity contribution in [3.05, 3.63) is 0 Å². The van der Waals surface area contributed by atoms with Gasteiger partial charge in [-0.1, -0.05) is 20.8 Å². The minimum Gasteiger partial charge on any atom is -0.465 e. The van der Waals surface area contributed by atoms with Crippen molar-refractivity contribution in [2.75, 3.05) is 6.61 Å². The number of hydrogen-bond donors (Lipinski definition) is 0. The third-order valence-electron chi connectivity index (χ3n) is 1.03. The molecule has 0 aliphatic rings. The van der Waals surface area contributed by atoms with Crippen LogP contribution in [0.2, 0.25) is 0 Å². The SMILES string of the molecule is CCCC(=O)OCC(C)C. The van der Waals surface area contributed by atoms with E-state index in [2.05, 4.69) is 0 Å². The lowest BCUT2D eigenvalue weighted by Gasteiger charge is -2.05. The van der Waals surface area contributed by atoms with Crippen molar-refractivity contribution in [3.63, 3.8) is 0 Å². The maximum atomic E-state index is 10.7. The fourth-order valence-corrected chi connectivity index (χ4v) is 0.536. The summed E-state index contributed by atoms with van der Waals surface area (Å²) in [5.41, 5.74) is 0. The molecule has 0 atom stereocenters. The van der Waals surface area contributed by atoms with E-state index in [1.807, 2.05) is 20.8 Å². The lowest BCUT2D eigenvalue weighted by molar-refractivity contribution is -0.144. The molecule has 60 valence electrons. The standard InChI is InChI=1S/C8H16O2/c1-4-5-8(9)10-6-7(2)3/h7H,4-6H2,1-3H3. The quantitative estimate of drug-likeness (QED) is 0.564. The topological polar surface area (TPSA) is 26.3 Å². The highest BCUT2D eigenvalue weighted by atomic mass is 16.5. The van der Waals surface area contributed by atoms with Gasteiger partial charge in [0.15, 0.2) is 0 Å². The first-order chi connectivity index (χ1) is 4.66. The van der Waals surface area contributed by atoms with Crippen molar-refractivity contribution in [1.29, 1.82) is 0 Å². The second-order valence-electron chi connectivity index (χ2n) is 2.83. The molecule has 0 aromatic heterocycles. The van der Waals surface area contributed by atoms with Crippen molar-refractivity contribution in [2.24, 2.45) is 5.92 Å². The molecule has 0 bridgehead atoms. The smallest absolute Gasteiger partial charge is 0.305 e. The summed E-state index contributed by atoms with van der Waals surface area (Å²) in [6.07, 6.45) is 1.42. The Labute approximate surface area is 62.6 Å². The molecule has 0 aliphatic carbocycles. The molecule has 0 radical (unpaired) electrons. The van der Waals surface area contributed by atoms with Crippen LogP contribution in [0.3, 0.4) is 0 Å². The van der Waals surface area contributed by atoms with Crippen LogP contribution >= 0.6 is 0 Å². The number of carbonyl (C=O) groups is 1. The maximum Gasteiger partial charge on any atom is 0.305 e. The van der Waals surface area contributed by atoms with E-state index < -0.39 is 0 Å². The molecular weight excluding hydrogens is 128 g/mol. The van der Waals surface area contributed by atoms with Gasteiger partial charge < -0.3 is 4.74 Å². The Balaban J connectivity index is 3.22. The zero-order chi connectivity index (χ0) is 7.98. The van der Waals surface area contributed by atoms with Gasteiger partial charge in [0.05, 0.1) is 6.61 Å². The Morgan fingerprint density at radius 3 is 2.50 bits per heavy atom. The van der Waals surface area contributed by atoms with Gasteiger partial charge in [0.2, 0.25) is 0 Å². The van der Waals surface area contributed by atoms with Crippen molar-refractivity contribution in [1.82, 2.24) is 0 Å². The normalized spacial score (nSPS) is 10.0. The van der Waals surface area contributed by atoms with Gasteiger partial charge in [-0.25, -0.2) is 0 Å². The van der Waals surface area contributed by atoms with Crippen molar-refractivity contribution in [3.8, 4) is 0 Å². The average molecular weight is 144 g/mol. The molecule has 0 fully saturated rings. The summed E-state index contributed by atoms with van der Waals surface area (Å²) in [4.78, 5) is 10.7. The van der Waals surface area contributed by atoms with Crippen LogP contribution in [0.1, 0.15) is 33.6 Å². The van der Waals surface area contributed by atoms with Gasteiger partial charge in [-0.15, -0.1) is 0 Å². The first-order valence-electron chi connectivity index (χ1n) is 3.82. The summed E-state index contributed by atoms with van der Waals surface area (Å²) in [7, 11) is 0. The Morgan fingerprint density at radius 2 is 2.10 bits per heavy atom. The fraction of sp³-hybridized carbons (Fsp3) is 0.875. The summed E-state index contributed by atoms with van der Waals surface area (Å²) in [6.45, 7) is 6.58. The van der Waals surface area contributed by atoms with Crippen molar-refractivity contribution < 1.29 is 9.53 Å². The predicted molar refractivity (Wildman–Crippen MR) is 40.7 cm³/mol. The molecule has 0 N–H and O–H groups in total. The Morgan fingerprint density at radius 1 is 1.50 bits per heavy atom. The second-order valence-corrected chi connectivity index (χ2v) is 2.83. The van der Waals surface area contributed by atoms with Crippen LogP contribution in [-0.4, -0.2) is 12.6 Å². The van der Waals surface area contributed by atoms with E-state index in [-0.39, 0.29) is 5.97 Å². The van der Waals surface area contributed by atoms with Crippen LogP contribution in [0.15, 0.2) is 0 Å². The van der Waals surface area contributed by atoms with Crippen molar-refractivity contribution >= 4 is 5.97 Å². The number of ether oxygens (including phenoxy) is 1. The van der Waals surface area contributed by atoms with Crippen LogP contribution in [0.25, 0.3) is 0 Å². The highest BCUT2D eigenvalue weighted by Gasteiger charge is 2.00. The van der Waals surface area contributed by atoms with Gasteiger partial charge in [-0.2, -0.15) is 0 Å². The third-order valence-corrected chi connectivity index (χ3v) is 1.03. The average Bonchev–Trinajstić information content (AvgIpc) is 1.85. The monoisotopic (exact) mass is 144 g/mol. The molecule has 0 amide bonds. The third kappa shape index (κ3) is 5.60. The van der Waals surface area contributed by atoms with Gasteiger partial charge >= 0.3 is 5.97 Å². The number of rotatable bonds is 4. The largest absolute Gasteiger partial charge is 0.465 e. The van der Waals surface area contributed by atoms with E-state index in [0.29, 0.717) is 18.9 Å². The Kier molecular flexibility index (Phi) is 4.99. The number of carbonyl (C=O) groups excluding carboxylic acids is 1. The fourth-order valence-electron chi connectivity index (χ4n) is 0.536. The van der Waals surface area contributed by atoms with Gasteiger partial charge in [0, 0.05) is 6.42 Å². The van der Waals surface area contributed by atoms with Crippen LogP contribution < -0.4 is 0 Å². The van der Waals surface area contributed by atoms with Gasteiger partial charge in [-0.3, -0.25) is 4.79 Å². The molecule has 0 saturated heterocycles. The van der Waals surface area contributed by atoms with Gasteiger partial charge in [-0.05, 0) is 12.3 Å². The summed E-state index contributed by atoms with van der Waals surface area (Å²) < 4.78 is 4.90. The molecule has 0 saturated carbocycles. The first kappa shape index (κ1) is 9.47. The second kappa shape index (κ2) is 5.27. The summed E-state index contributed by atoms with van der Waals surface area (Å²) in [5.74, 6) is 0.372. The lowest BCUT2D eigenvalue weighted by Crippen LogP contribution is -2.08. The van der Waals surface area contributed by atoms with Crippen LogP contribution in [-0.2, 0) is 9.53 Å². The minimum absolute atomic E-state index is 0.0730. The molecule has 2 nitrogen and oxygen atoms in total. The lowest BCUT2D eigenvalue weighted by atomic mass is 10.2. The zero-order valence-electron chi connectivity index (χ0n) is 7.02. The molecule has 10 heavy (non-hydrogen) atoms. The molecule has 0 rings (SSSR count). The molecule has 2 heteroatoms. The molecule has 0 aromatic rings. The summed E-state index contributed by atoms with van der Waals surface area (Å²) in [5, 5.41) is 0. The predicted octanol–water partition coefficient (Wildman–Crippen LogP) is 1.99. The first-order valence-corrected chi connectivity index (χ1v) is 3.82. The van der Waals surface area contributed by atoms with Crippen LogP contribution in [0, 0.1) is 5.92 Å². The molecular formula is C8H16O2. The van der Waals surface area contributed by atoms with E-state index in [9.17, 15) is 4.79 Å². The van der Waals surface area contributed by atoms with Crippen LogP contribution in [0.4, 0.5) is 0 Å². The highest BCUT2D eigenvalue weighted by molar-refractivity contribution is 5.69. The van der Waals surface area contributed by atoms with E-state index in [1.54, 1.807) is 0 Å². The highest BCUT2D eigenvalue weighted by Crippen LogP contribution is 1.96. The molecule has 0 aromatic carbocycles. The van der Waals surface area contributed by atoms with E-state index in [4.69, 9.17) is 4.74 Å². The molecule has 0 spiro atoms. The van der Waals surface area contributed by atoms with Crippen LogP contribution in [0.5, 0.6) is 0 Å². The summed E-state index contributed by atoms with van der Waals surface area (Å²) in [6, 6.07) is 0. The Hall–Kier alpha value is -0.530. The minimum atomic E-state index is -0.0730. The molecule has 0 aliphatic heterocycles.